The average molecular weight is 369 g/mol. The molecule has 0 unspecified atom stereocenters. The number of methoxy groups -OCH3 is 1. The van der Waals surface area contributed by atoms with Gasteiger partial charge in [-0.3, -0.25) is 9.59 Å². The van der Waals surface area contributed by atoms with E-state index in [0.29, 0.717) is 23.1 Å². The van der Waals surface area contributed by atoms with Gasteiger partial charge in [-0.05, 0) is 31.2 Å². The summed E-state index contributed by atoms with van der Waals surface area (Å²) in [5.74, 6) is -0.371. The fraction of sp³-hybridized carbons (Fsp3) is 0.500. The largest absolute Gasteiger partial charge is 0.467 e. The van der Waals surface area contributed by atoms with Crippen molar-refractivity contribution < 1.29 is 14.3 Å². The van der Waals surface area contributed by atoms with Crippen molar-refractivity contribution in [3.05, 3.63) is 40.3 Å². The van der Waals surface area contributed by atoms with Gasteiger partial charge >= 0.3 is 5.97 Å². The maximum Gasteiger partial charge on any atom is 0.328 e. The second kappa shape index (κ2) is 6.79. The zero-order chi connectivity index (χ0) is 19.1. The number of rotatable bonds is 2. The van der Waals surface area contributed by atoms with Crippen LogP contribution in [0.2, 0.25) is 0 Å². The Hall–Kier alpha value is -2.70. The minimum atomic E-state index is -0.589. The van der Waals surface area contributed by atoms with Crippen LogP contribution in [0.15, 0.2) is 29.1 Å². The molecule has 4 rings (SSSR count). The Morgan fingerprint density at radius 2 is 1.85 bits per heavy atom. The Labute approximate surface area is 156 Å². The molecule has 2 aliphatic rings. The number of benzene rings is 1. The summed E-state index contributed by atoms with van der Waals surface area (Å²) in [5.41, 5.74) is -0.0311. The van der Waals surface area contributed by atoms with E-state index in [1.165, 1.54) is 18.8 Å². The quantitative estimate of drug-likeness (QED) is 0.755. The lowest BCUT2D eigenvalue weighted by Gasteiger charge is -2.33. The number of esters is 1. The number of carbonyl (C=O) groups excluding carboxylic acids is 2. The maximum atomic E-state index is 13.6. The lowest BCUT2D eigenvalue weighted by atomic mass is 9.84. The molecule has 0 bridgehead atoms. The molecule has 142 valence electrons. The molecule has 1 saturated heterocycles. The lowest BCUT2D eigenvalue weighted by Crippen LogP contribution is -2.47. The minimum absolute atomic E-state index is 0.0214. The van der Waals surface area contributed by atoms with Gasteiger partial charge in [0.05, 0.1) is 12.5 Å². The predicted molar refractivity (Wildman–Crippen MR) is 99.3 cm³/mol. The Balaban J connectivity index is 1.83. The number of aromatic nitrogens is 2. The molecule has 7 nitrogen and oxygen atoms in total. The second-order valence-electron chi connectivity index (χ2n) is 7.42. The Bertz CT molecular complexity index is 967. The molecule has 7 heteroatoms. The van der Waals surface area contributed by atoms with Crippen molar-refractivity contribution in [2.75, 3.05) is 7.11 Å². The molecule has 0 N–H and O–H groups in total. The van der Waals surface area contributed by atoms with Crippen molar-refractivity contribution in [2.45, 2.75) is 44.2 Å². The second-order valence-corrected chi connectivity index (χ2v) is 7.42. The van der Waals surface area contributed by atoms with Crippen LogP contribution in [0.5, 0.6) is 0 Å². The van der Waals surface area contributed by atoms with E-state index >= 15 is 0 Å². The van der Waals surface area contributed by atoms with Crippen molar-refractivity contribution in [3.8, 4) is 0 Å². The molecule has 1 aromatic carbocycles. The third-order valence-electron chi connectivity index (χ3n) is 5.95. The molecule has 1 amide bonds. The van der Waals surface area contributed by atoms with Gasteiger partial charge < -0.3 is 9.64 Å². The molecule has 0 spiro atoms. The molecule has 1 saturated carbocycles. The molecule has 1 aliphatic heterocycles. The Morgan fingerprint density at radius 1 is 1.15 bits per heavy atom. The van der Waals surface area contributed by atoms with E-state index in [1.54, 1.807) is 29.2 Å². The molecule has 3 atom stereocenters. The maximum absolute atomic E-state index is 13.6. The highest BCUT2D eigenvalue weighted by Gasteiger charge is 2.48. The highest BCUT2D eigenvalue weighted by Crippen LogP contribution is 2.41. The summed E-state index contributed by atoms with van der Waals surface area (Å²) in [5, 5.41) is 5.24. The van der Waals surface area contributed by atoms with Gasteiger partial charge in [-0.25, -0.2) is 9.48 Å². The van der Waals surface area contributed by atoms with E-state index in [0.717, 1.165) is 25.7 Å². The fourth-order valence-corrected chi connectivity index (χ4v) is 4.68. The van der Waals surface area contributed by atoms with Gasteiger partial charge in [0.15, 0.2) is 5.69 Å². The normalized spacial score (nSPS) is 24.7. The number of likely N-dealkylation sites (tertiary alicyclic amines) is 1. The molecule has 2 aromatic rings. The summed E-state index contributed by atoms with van der Waals surface area (Å²) in [6, 6.07) is 6.41. The van der Waals surface area contributed by atoms with Crippen LogP contribution in [-0.4, -0.2) is 45.8 Å². The van der Waals surface area contributed by atoms with Crippen LogP contribution in [0, 0.1) is 5.92 Å². The standard InChI is InChI=1S/C20H23N3O4/c1-22-18(24)14-9-5-4-8-13(14)17(21-22)19(25)23-15-10-6-3-7-12(15)11-16(23)20(26)27-2/h4-5,8-9,12,15-16H,3,6-7,10-11H2,1-2H3/t12-,15-,16-/m0/s1. The van der Waals surface area contributed by atoms with Crippen molar-refractivity contribution >= 4 is 22.6 Å². The van der Waals surface area contributed by atoms with Crippen LogP contribution in [0.1, 0.15) is 42.6 Å². The van der Waals surface area contributed by atoms with Gasteiger partial charge in [0.2, 0.25) is 0 Å². The summed E-state index contributed by atoms with van der Waals surface area (Å²) in [6.45, 7) is 0. The van der Waals surface area contributed by atoms with Crippen LogP contribution < -0.4 is 5.56 Å². The fourth-order valence-electron chi connectivity index (χ4n) is 4.68. The molecule has 1 aliphatic carbocycles. The third-order valence-corrected chi connectivity index (χ3v) is 5.95. The first kappa shape index (κ1) is 17.7. The van der Waals surface area contributed by atoms with Gasteiger partial charge in [0, 0.05) is 18.5 Å². The van der Waals surface area contributed by atoms with Gasteiger partial charge in [-0.2, -0.15) is 5.10 Å². The van der Waals surface area contributed by atoms with Crippen molar-refractivity contribution in [1.82, 2.24) is 14.7 Å². The number of fused-ring (bicyclic) bond motifs is 2. The number of carbonyl (C=O) groups is 2. The average Bonchev–Trinajstić information content (AvgIpc) is 3.09. The number of ether oxygens (including phenoxy) is 1. The minimum Gasteiger partial charge on any atom is -0.467 e. The van der Waals surface area contributed by atoms with Gasteiger partial charge in [0.25, 0.3) is 11.5 Å². The molecule has 2 fully saturated rings. The number of nitrogens with zero attached hydrogens (tertiary/aromatic N) is 3. The molecule has 2 heterocycles. The van der Waals surface area contributed by atoms with Gasteiger partial charge in [0.1, 0.15) is 6.04 Å². The van der Waals surface area contributed by atoms with E-state index in [2.05, 4.69) is 5.10 Å². The number of amides is 1. The summed E-state index contributed by atoms with van der Waals surface area (Å²) in [6.07, 6.45) is 4.70. The van der Waals surface area contributed by atoms with Crippen LogP contribution in [0.4, 0.5) is 0 Å². The zero-order valence-corrected chi connectivity index (χ0v) is 15.6. The van der Waals surface area contributed by atoms with Gasteiger partial charge in [-0.1, -0.05) is 31.0 Å². The molecular weight excluding hydrogens is 346 g/mol. The third kappa shape index (κ3) is 2.81. The zero-order valence-electron chi connectivity index (χ0n) is 15.6. The van der Waals surface area contributed by atoms with Crippen molar-refractivity contribution in [2.24, 2.45) is 13.0 Å². The number of aryl methyl sites for hydroxylation is 1. The van der Waals surface area contributed by atoms with E-state index in [9.17, 15) is 14.4 Å². The number of hydrogen-bond acceptors (Lipinski definition) is 5. The Kier molecular flexibility index (Phi) is 4.45. The van der Waals surface area contributed by atoms with Crippen LogP contribution in [0.3, 0.4) is 0 Å². The number of hydrogen-bond donors (Lipinski definition) is 0. The van der Waals surface area contributed by atoms with Crippen LogP contribution in [-0.2, 0) is 16.6 Å². The van der Waals surface area contributed by atoms with Gasteiger partial charge in [-0.15, -0.1) is 0 Å². The lowest BCUT2D eigenvalue weighted by molar-refractivity contribution is -0.145. The van der Waals surface area contributed by atoms with E-state index < -0.39 is 6.04 Å². The van der Waals surface area contributed by atoms with Crippen molar-refractivity contribution in [1.29, 1.82) is 0 Å². The summed E-state index contributed by atoms with van der Waals surface area (Å²) >= 11 is 0. The summed E-state index contributed by atoms with van der Waals surface area (Å²) in [7, 11) is 2.89. The van der Waals surface area contributed by atoms with Crippen LogP contribution in [0.25, 0.3) is 10.8 Å². The summed E-state index contributed by atoms with van der Waals surface area (Å²) in [4.78, 5) is 40.0. The van der Waals surface area contributed by atoms with Crippen LogP contribution >= 0.6 is 0 Å². The Morgan fingerprint density at radius 3 is 2.59 bits per heavy atom. The first-order valence-electron chi connectivity index (χ1n) is 9.39. The highest BCUT2D eigenvalue weighted by atomic mass is 16.5. The smallest absolute Gasteiger partial charge is 0.328 e. The predicted octanol–water partition coefficient (Wildman–Crippen LogP) is 1.88. The van der Waals surface area contributed by atoms with E-state index in [4.69, 9.17) is 4.74 Å². The van der Waals surface area contributed by atoms with E-state index in [-0.39, 0.29) is 29.2 Å². The first-order valence-corrected chi connectivity index (χ1v) is 9.39. The molecule has 1 aromatic heterocycles. The topological polar surface area (TPSA) is 81.5 Å². The summed E-state index contributed by atoms with van der Waals surface area (Å²) < 4.78 is 6.17. The SMILES string of the molecule is COC(=O)[C@@H]1C[C@@H]2CCCC[C@@H]2N1C(=O)c1nn(C)c(=O)c2ccccc12. The van der Waals surface area contributed by atoms with Crippen molar-refractivity contribution in [3.63, 3.8) is 0 Å². The van der Waals surface area contributed by atoms with E-state index in [1.807, 2.05) is 0 Å². The highest BCUT2D eigenvalue weighted by molar-refractivity contribution is 6.06. The molecular formula is C20H23N3O4. The monoisotopic (exact) mass is 369 g/mol. The first-order chi connectivity index (χ1) is 13.0. The molecule has 27 heavy (non-hydrogen) atoms. The molecule has 0 radical (unpaired) electrons.